The lowest BCUT2D eigenvalue weighted by atomic mass is 9.60. The summed E-state index contributed by atoms with van der Waals surface area (Å²) >= 11 is 0. The molecule has 3 aliphatic carbocycles. The fraction of sp³-hybridized carbons (Fsp3) is 0.455. The van der Waals surface area contributed by atoms with Crippen LogP contribution in [0.25, 0.3) is 32.7 Å². The van der Waals surface area contributed by atoms with Crippen LogP contribution in [0.3, 0.4) is 0 Å². The number of anilines is 3. The first-order valence-electron chi connectivity index (χ1n) is 18.4. The Hall–Kier alpha value is -4.32. The van der Waals surface area contributed by atoms with Gasteiger partial charge in [-0.05, 0) is 83.1 Å². The summed E-state index contributed by atoms with van der Waals surface area (Å²) < 4.78 is 0. The molecule has 0 saturated heterocycles. The number of aliphatic hydroxyl groups is 1. The molecule has 0 bridgehead atoms. The van der Waals surface area contributed by atoms with Gasteiger partial charge in [0.25, 0.3) is 0 Å². The van der Waals surface area contributed by atoms with Crippen LogP contribution in [0.1, 0.15) is 99.5 Å². The summed E-state index contributed by atoms with van der Waals surface area (Å²) in [6, 6.07) is 20.8. The standard InChI is InChI=1S/C44H50N4O2/c1-39(2)19-40(3,4)22-43(21-39)45-29-13-9-11-25-15-17-27(35(47-43)31(25)29)33-37(49)34(38(33)50)28-18-16-26-12-10-14-30-32(26)36(28)48-44(46-30)23-41(5,6)20-42(7,8)24-44/h9-18,45,47-49H,19-24H2,1-8H3/b34-28+. The van der Waals surface area contributed by atoms with Gasteiger partial charge < -0.3 is 21.1 Å². The van der Waals surface area contributed by atoms with E-state index in [1.807, 2.05) is 12.1 Å². The second-order valence-electron chi connectivity index (χ2n) is 19.5. The summed E-state index contributed by atoms with van der Waals surface area (Å²) in [6.07, 6.45) is 5.93. The molecule has 0 amide bonds. The summed E-state index contributed by atoms with van der Waals surface area (Å²) in [6.45, 7) is 18.8. The Balaban J connectivity index is 1.23. The van der Waals surface area contributed by atoms with Crippen molar-refractivity contribution >= 4 is 55.5 Å². The molecule has 2 aliphatic heterocycles. The molecule has 6 heteroatoms. The third-order valence-corrected chi connectivity index (χ3v) is 12.0. The summed E-state index contributed by atoms with van der Waals surface area (Å²) in [4.78, 5) is 20.0. The second kappa shape index (κ2) is 9.71. The van der Waals surface area contributed by atoms with Gasteiger partial charge in [0.05, 0.1) is 27.9 Å². The number of rotatable bonds is 1. The maximum Gasteiger partial charge on any atom is 0.201 e. The maximum atomic E-state index is 14.6. The topological polar surface area (TPSA) is 85.8 Å². The fourth-order valence-electron chi connectivity index (χ4n) is 12.1. The fourth-order valence-corrected chi connectivity index (χ4v) is 12.1. The molecule has 50 heavy (non-hydrogen) atoms. The molecule has 0 unspecified atom stereocenters. The predicted molar refractivity (Wildman–Crippen MR) is 206 cm³/mol. The minimum atomic E-state index is -0.496. The number of hydrogen-bond acceptors (Lipinski definition) is 6. The molecule has 4 aromatic rings. The average molecular weight is 667 g/mol. The lowest BCUT2D eigenvalue weighted by Crippen LogP contribution is -2.57. The third-order valence-electron chi connectivity index (χ3n) is 12.0. The lowest BCUT2D eigenvalue weighted by Gasteiger charge is -2.55. The van der Waals surface area contributed by atoms with Gasteiger partial charge in [-0.3, -0.25) is 9.79 Å². The van der Waals surface area contributed by atoms with Crippen LogP contribution >= 0.6 is 0 Å². The van der Waals surface area contributed by atoms with Gasteiger partial charge in [0, 0.05) is 27.2 Å². The summed E-state index contributed by atoms with van der Waals surface area (Å²) in [7, 11) is 0. The van der Waals surface area contributed by atoms with E-state index in [0.29, 0.717) is 11.1 Å². The number of nitrogens with zero attached hydrogens (tertiary/aromatic N) is 1. The van der Waals surface area contributed by atoms with Crippen molar-refractivity contribution in [2.24, 2.45) is 26.7 Å². The maximum absolute atomic E-state index is 14.6. The van der Waals surface area contributed by atoms with Crippen LogP contribution in [0.15, 0.2) is 71.4 Å². The summed E-state index contributed by atoms with van der Waals surface area (Å²) in [5.41, 5.74) is 4.00. The Morgan fingerprint density at radius 2 is 1.20 bits per heavy atom. The van der Waals surface area contributed by atoms with Crippen LogP contribution in [0.5, 0.6) is 0 Å². The van der Waals surface area contributed by atoms with Crippen LogP contribution in [0.4, 0.5) is 17.1 Å². The zero-order valence-corrected chi connectivity index (χ0v) is 30.8. The SMILES string of the molecule is CC1(C)CC(C)(C)CC2(C1)N=c1cccc3cc/c(=C4\C(=O)C(c5ccc6cccc7c6c5NC5(CC(C)(C)CC(C)(C)C5)N7)=C4O)c(c13)N2. The van der Waals surface area contributed by atoms with E-state index in [4.69, 9.17) is 4.99 Å². The van der Waals surface area contributed by atoms with Crippen LogP contribution in [-0.4, -0.2) is 22.2 Å². The first-order valence-corrected chi connectivity index (χ1v) is 18.4. The van der Waals surface area contributed by atoms with E-state index in [0.717, 1.165) is 93.3 Å². The van der Waals surface area contributed by atoms with Crippen molar-refractivity contribution < 1.29 is 9.90 Å². The normalized spacial score (nSPS) is 25.4. The largest absolute Gasteiger partial charge is 0.506 e. The summed E-state index contributed by atoms with van der Waals surface area (Å²) in [5, 5.41) is 29.9. The van der Waals surface area contributed by atoms with E-state index in [1.165, 1.54) is 0 Å². The van der Waals surface area contributed by atoms with E-state index in [2.05, 4.69) is 120 Å². The number of Topliss-reactive ketones (excluding diaryl/α,β-unsaturated/α-hetero) is 1. The van der Waals surface area contributed by atoms with Crippen molar-refractivity contribution in [1.29, 1.82) is 0 Å². The molecule has 4 N–H and O–H groups in total. The van der Waals surface area contributed by atoms with Gasteiger partial charge in [-0.1, -0.05) is 104 Å². The Morgan fingerprint density at radius 1 is 0.600 bits per heavy atom. The molecule has 2 fully saturated rings. The molecule has 5 aliphatic rings. The van der Waals surface area contributed by atoms with Gasteiger partial charge in [-0.2, -0.15) is 0 Å². The molecule has 0 radical (unpaired) electrons. The Kier molecular flexibility index (Phi) is 6.15. The number of carbonyl (C=O) groups excluding carboxylic acids is 1. The van der Waals surface area contributed by atoms with Crippen molar-refractivity contribution in [3.05, 3.63) is 82.6 Å². The third kappa shape index (κ3) is 4.73. The molecular formula is C44H50N4O2. The smallest absolute Gasteiger partial charge is 0.201 e. The minimum absolute atomic E-state index is 0.0671. The predicted octanol–water partition coefficient (Wildman–Crippen LogP) is 9.44. The quantitative estimate of drug-likeness (QED) is 0.163. The van der Waals surface area contributed by atoms with Crippen LogP contribution in [0.2, 0.25) is 0 Å². The number of carbonyl (C=O) groups is 1. The second-order valence-corrected chi connectivity index (χ2v) is 19.5. The van der Waals surface area contributed by atoms with Crippen molar-refractivity contribution in [2.75, 3.05) is 16.0 Å². The molecule has 0 aromatic heterocycles. The monoisotopic (exact) mass is 666 g/mol. The Bertz CT molecular complexity index is 2330. The zero-order valence-electron chi connectivity index (χ0n) is 30.8. The number of allylic oxidation sites excluding steroid dienone is 2. The Labute approximate surface area is 295 Å². The van der Waals surface area contributed by atoms with E-state index in [1.54, 1.807) is 0 Å². The van der Waals surface area contributed by atoms with Crippen LogP contribution in [0, 0.1) is 21.7 Å². The van der Waals surface area contributed by atoms with E-state index in [9.17, 15) is 9.90 Å². The molecule has 0 atom stereocenters. The Morgan fingerprint density at radius 3 is 1.86 bits per heavy atom. The van der Waals surface area contributed by atoms with E-state index < -0.39 is 5.66 Å². The molecule has 9 rings (SSSR count). The number of aliphatic hydroxyl groups excluding tert-OH is 1. The molecular weight excluding hydrogens is 617 g/mol. The number of nitrogens with one attached hydrogen (secondary N) is 3. The highest BCUT2D eigenvalue weighted by Crippen LogP contribution is 2.56. The number of hydrogen-bond donors (Lipinski definition) is 4. The number of benzene rings is 4. The molecule has 2 spiro atoms. The molecule has 2 heterocycles. The van der Waals surface area contributed by atoms with Crippen LogP contribution < -0.4 is 26.5 Å². The van der Waals surface area contributed by atoms with Gasteiger partial charge in [-0.25, -0.2) is 0 Å². The first-order chi connectivity index (χ1) is 23.4. The van der Waals surface area contributed by atoms with Crippen molar-refractivity contribution in [1.82, 2.24) is 0 Å². The highest BCUT2D eigenvalue weighted by atomic mass is 16.3. The molecule has 2 saturated carbocycles. The first kappa shape index (κ1) is 31.6. The zero-order chi connectivity index (χ0) is 35.2. The molecule has 258 valence electrons. The van der Waals surface area contributed by atoms with Crippen molar-refractivity contribution in [3.63, 3.8) is 0 Å². The molecule has 4 aromatic carbocycles. The highest BCUT2D eigenvalue weighted by Gasteiger charge is 2.51. The lowest BCUT2D eigenvalue weighted by molar-refractivity contribution is -0.109. The molecule has 6 nitrogen and oxygen atoms in total. The van der Waals surface area contributed by atoms with E-state index in [-0.39, 0.29) is 38.9 Å². The van der Waals surface area contributed by atoms with Gasteiger partial charge in [0.1, 0.15) is 17.1 Å². The number of ketones is 1. The average Bonchev–Trinajstić information content (AvgIpc) is 2.96. The van der Waals surface area contributed by atoms with Gasteiger partial charge in [-0.15, -0.1) is 0 Å². The van der Waals surface area contributed by atoms with Crippen molar-refractivity contribution in [3.8, 4) is 0 Å². The summed E-state index contributed by atoms with van der Waals surface area (Å²) in [5.74, 6) is -0.0532. The highest BCUT2D eigenvalue weighted by molar-refractivity contribution is 6.52. The van der Waals surface area contributed by atoms with Gasteiger partial charge in [0.15, 0.2) is 0 Å². The van der Waals surface area contributed by atoms with Gasteiger partial charge >= 0.3 is 0 Å². The minimum Gasteiger partial charge on any atom is -0.506 e. The van der Waals surface area contributed by atoms with Crippen molar-refractivity contribution in [2.45, 2.75) is 105 Å². The van der Waals surface area contributed by atoms with E-state index >= 15 is 0 Å². The van der Waals surface area contributed by atoms with Crippen LogP contribution in [-0.2, 0) is 4.79 Å². The van der Waals surface area contributed by atoms with Gasteiger partial charge in [0.2, 0.25) is 5.78 Å².